The highest BCUT2D eigenvalue weighted by Gasteiger charge is 2.03. The third-order valence-electron chi connectivity index (χ3n) is 1.22. The number of thiophene rings is 1. The smallest absolute Gasteiger partial charge is 0.338 e. The average Bonchev–Trinajstić information content (AvgIpc) is 2.56. The summed E-state index contributed by atoms with van der Waals surface area (Å²) in [5.41, 5.74) is 8.48. The number of nitrogens with zero attached hydrogens (tertiary/aromatic N) is 3. The second-order valence-corrected chi connectivity index (χ2v) is 2.86. The van der Waals surface area contributed by atoms with Gasteiger partial charge in [0.1, 0.15) is 5.70 Å². The quantitative estimate of drug-likeness (QED) is 0.347. The number of azide groups is 1. The first-order valence-corrected chi connectivity index (χ1v) is 4.20. The second-order valence-electron chi connectivity index (χ2n) is 2.08. The lowest BCUT2D eigenvalue weighted by molar-refractivity contribution is -0.132. The molecule has 5 nitrogen and oxygen atoms in total. The lowest BCUT2D eigenvalue weighted by Gasteiger charge is -1.89. The fourth-order valence-electron chi connectivity index (χ4n) is 0.697. The third-order valence-corrected chi connectivity index (χ3v) is 1.92. The third kappa shape index (κ3) is 2.62. The average molecular weight is 195 g/mol. The molecule has 0 aromatic carbocycles. The van der Waals surface area contributed by atoms with Gasteiger partial charge in [0.2, 0.25) is 0 Å². The monoisotopic (exact) mass is 195 g/mol. The minimum absolute atomic E-state index is 0.305. The zero-order valence-electron chi connectivity index (χ0n) is 6.41. The largest absolute Gasteiger partial charge is 0.478 e. The lowest BCUT2D eigenvalue weighted by Crippen LogP contribution is -1.95. The summed E-state index contributed by atoms with van der Waals surface area (Å²) in [6.07, 6.45) is 1.32. The van der Waals surface area contributed by atoms with Crippen molar-refractivity contribution in [3.8, 4) is 0 Å². The number of carboxylic acid groups (broad SMARTS) is 1. The van der Waals surface area contributed by atoms with Gasteiger partial charge in [0.25, 0.3) is 0 Å². The molecule has 0 radical (unpaired) electrons. The first-order chi connectivity index (χ1) is 6.24. The molecule has 1 N–H and O–H groups in total. The van der Waals surface area contributed by atoms with Crippen molar-refractivity contribution in [2.24, 2.45) is 5.11 Å². The maximum atomic E-state index is 10.5. The van der Waals surface area contributed by atoms with E-state index >= 15 is 0 Å². The van der Waals surface area contributed by atoms with Crippen molar-refractivity contribution in [3.63, 3.8) is 0 Å². The first-order valence-electron chi connectivity index (χ1n) is 3.26. The Morgan fingerprint density at radius 1 is 1.77 bits per heavy atom. The van der Waals surface area contributed by atoms with E-state index in [1.54, 1.807) is 16.8 Å². The molecule has 13 heavy (non-hydrogen) atoms. The molecule has 6 heteroatoms. The molecule has 0 atom stereocenters. The van der Waals surface area contributed by atoms with Crippen LogP contribution in [0.1, 0.15) is 5.56 Å². The summed E-state index contributed by atoms with van der Waals surface area (Å²) in [4.78, 5) is 12.9. The summed E-state index contributed by atoms with van der Waals surface area (Å²) in [6, 6.07) is 1.74. The Hall–Kier alpha value is -1.78. The van der Waals surface area contributed by atoms with Crippen LogP contribution in [0.4, 0.5) is 0 Å². The van der Waals surface area contributed by atoms with Crippen LogP contribution in [0.5, 0.6) is 0 Å². The van der Waals surface area contributed by atoms with E-state index < -0.39 is 5.97 Å². The summed E-state index contributed by atoms with van der Waals surface area (Å²) in [7, 11) is 0. The molecule has 0 aliphatic heterocycles. The molecule has 1 aromatic heterocycles. The van der Waals surface area contributed by atoms with Crippen molar-refractivity contribution in [2.45, 2.75) is 0 Å². The number of carboxylic acids is 1. The number of carbonyl (C=O) groups is 1. The topological polar surface area (TPSA) is 86.1 Å². The molecular formula is C7H5N3O2S. The highest BCUT2D eigenvalue weighted by atomic mass is 32.1. The summed E-state index contributed by atoms with van der Waals surface area (Å²) < 4.78 is 0. The highest BCUT2D eigenvalue weighted by Crippen LogP contribution is 2.11. The first kappa shape index (κ1) is 9.31. The van der Waals surface area contributed by atoms with Crippen molar-refractivity contribution in [1.82, 2.24) is 0 Å². The van der Waals surface area contributed by atoms with Crippen molar-refractivity contribution >= 4 is 23.4 Å². The minimum atomic E-state index is -1.23. The molecule has 1 aromatic rings. The van der Waals surface area contributed by atoms with Crippen LogP contribution in [-0.2, 0) is 4.79 Å². The Morgan fingerprint density at radius 3 is 3.00 bits per heavy atom. The fourth-order valence-corrected chi connectivity index (χ4v) is 1.31. The molecule has 66 valence electrons. The lowest BCUT2D eigenvalue weighted by atomic mass is 10.3. The van der Waals surface area contributed by atoms with Crippen LogP contribution in [0.25, 0.3) is 16.5 Å². The van der Waals surface area contributed by atoms with E-state index in [0.29, 0.717) is 0 Å². The van der Waals surface area contributed by atoms with E-state index in [4.69, 9.17) is 10.6 Å². The molecule has 0 bridgehead atoms. The van der Waals surface area contributed by atoms with Crippen LogP contribution in [-0.4, -0.2) is 11.1 Å². The fraction of sp³-hybridized carbons (Fsp3) is 0. The van der Waals surface area contributed by atoms with Gasteiger partial charge >= 0.3 is 5.97 Å². The Bertz CT molecular complexity index is 372. The zero-order valence-corrected chi connectivity index (χ0v) is 7.23. The number of hydrogen-bond acceptors (Lipinski definition) is 3. The van der Waals surface area contributed by atoms with Gasteiger partial charge < -0.3 is 5.11 Å². The van der Waals surface area contributed by atoms with Gasteiger partial charge in [-0.3, -0.25) is 0 Å². The zero-order chi connectivity index (χ0) is 9.68. The van der Waals surface area contributed by atoms with E-state index in [1.165, 1.54) is 17.4 Å². The highest BCUT2D eigenvalue weighted by molar-refractivity contribution is 7.08. The van der Waals surface area contributed by atoms with E-state index in [2.05, 4.69) is 10.0 Å². The summed E-state index contributed by atoms with van der Waals surface area (Å²) in [5, 5.41) is 15.2. The van der Waals surface area contributed by atoms with E-state index in [0.717, 1.165) is 5.56 Å². The number of aliphatic carboxylic acids is 1. The van der Waals surface area contributed by atoms with Crippen molar-refractivity contribution < 1.29 is 9.90 Å². The maximum Gasteiger partial charge on any atom is 0.338 e. The minimum Gasteiger partial charge on any atom is -0.478 e. The van der Waals surface area contributed by atoms with Gasteiger partial charge in [0.05, 0.1) is 0 Å². The predicted octanol–water partition coefficient (Wildman–Crippen LogP) is 2.48. The Morgan fingerprint density at radius 2 is 2.54 bits per heavy atom. The van der Waals surface area contributed by atoms with Gasteiger partial charge in [-0.05, 0) is 34.0 Å². The van der Waals surface area contributed by atoms with Crippen molar-refractivity contribution in [3.05, 3.63) is 38.5 Å². The summed E-state index contributed by atoms with van der Waals surface area (Å²) in [5.74, 6) is -1.23. The molecule has 0 aliphatic carbocycles. The molecule has 1 heterocycles. The van der Waals surface area contributed by atoms with Crippen molar-refractivity contribution in [2.75, 3.05) is 0 Å². The standard InChI is InChI=1S/C7H5N3O2S/c8-10-9-6(7(11)12)3-5-1-2-13-4-5/h1-4H,(H,11,12)/b6-3-. The summed E-state index contributed by atoms with van der Waals surface area (Å²) in [6.45, 7) is 0. The maximum absolute atomic E-state index is 10.5. The predicted molar refractivity (Wildman–Crippen MR) is 49.1 cm³/mol. The Kier molecular flexibility index (Phi) is 3.08. The molecular weight excluding hydrogens is 190 g/mol. The number of hydrogen-bond donors (Lipinski definition) is 1. The molecule has 0 aliphatic rings. The van der Waals surface area contributed by atoms with Gasteiger partial charge in [-0.15, -0.1) is 0 Å². The summed E-state index contributed by atoms with van der Waals surface area (Å²) >= 11 is 1.44. The SMILES string of the molecule is [N-]=[N+]=N/C(=C\c1ccsc1)C(=O)O. The van der Waals surface area contributed by atoms with Gasteiger partial charge in [-0.25, -0.2) is 4.79 Å². The normalized spacial score (nSPS) is 10.6. The van der Waals surface area contributed by atoms with Crippen LogP contribution < -0.4 is 0 Å². The molecule has 0 amide bonds. The number of rotatable bonds is 3. The van der Waals surface area contributed by atoms with Crippen LogP contribution in [0, 0.1) is 0 Å². The van der Waals surface area contributed by atoms with Crippen LogP contribution in [0.3, 0.4) is 0 Å². The van der Waals surface area contributed by atoms with Gasteiger partial charge in [-0.2, -0.15) is 11.3 Å². The molecule has 1 rings (SSSR count). The molecule has 0 saturated heterocycles. The van der Waals surface area contributed by atoms with E-state index in [-0.39, 0.29) is 5.70 Å². The van der Waals surface area contributed by atoms with Gasteiger partial charge in [0.15, 0.2) is 0 Å². The van der Waals surface area contributed by atoms with Crippen LogP contribution >= 0.6 is 11.3 Å². The van der Waals surface area contributed by atoms with Gasteiger partial charge in [0, 0.05) is 4.91 Å². The molecule has 0 fully saturated rings. The van der Waals surface area contributed by atoms with E-state index in [9.17, 15) is 4.79 Å². The second kappa shape index (κ2) is 4.30. The van der Waals surface area contributed by atoms with Crippen LogP contribution in [0.15, 0.2) is 27.6 Å². The van der Waals surface area contributed by atoms with Crippen molar-refractivity contribution in [1.29, 1.82) is 0 Å². The van der Waals surface area contributed by atoms with E-state index in [1.807, 2.05) is 0 Å². The Balaban J connectivity index is 3.00. The Labute approximate surface area is 77.6 Å². The molecule has 0 saturated carbocycles. The van der Waals surface area contributed by atoms with Crippen LogP contribution in [0.2, 0.25) is 0 Å². The molecule has 0 unspecified atom stereocenters. The van der Waals surface area contributed by atoms with Gasteiger partial charge in [-0.1, -0.05) is 5.11 Å². The molecule has 0 spiro atoms.